The summed E-state index contributed by atoms with van der Waals surface area (Å²) < 4.78 is 4.96. The molecule has 0 unspecified atom stereocenters. The van der Waals surface area contributed by atoms with Crippen LogP contribution < -0.4 is 5.32 Å². The van der Waals surface area contributed by atoms with Crippen molar-refractivity contribution in [3.05, 3.63) is 34.9 Å². The van der Waals surface area contributed by atoms with E-state index in [1.807, 2.05) is 24.3 Å². The van der Waals surface area contributed by atoms with Crippen molar-refractivity contribution in [2.24, 2.45) is 0 Å². The zero-order valence-corrected chi connectivity index (χ0v) is 9.34. The Hall–Kier alpha value is -0.570. The van der Waals surface area contributed by atoms with Gasteiger partial charge in [-0.15, -0.1) is 0 Å². The highest BCUT2D eigenvalue weighted by Crippen LogP contribution is 2.15. The fourth-order valence-electron chi connectivity index (χ4n) is 1.25. The molecule has 0 aromatic heterocycles. The Morgan fingerprint density at radius 1 is 1.36 bits per heavy atom. The lowest BCUT2D eigenvalue weighted by molar-refractivity contribution is 0.196. The van der Waals surface area contributed by atoms with Crippen LogP contribution in [0.3, 0.4) is 0 Å². The molecule has 0 saturated heterocycles. The Kier molecular flexibility index (Phi) is 4.94. The van der Waals surface area contributed by atoms with E-state index in [9.17, 15) is 0 Å². The first kappa shape index (κ1) is 11.5. The summed E-state index contributed by atoms with van der Waals surface area (Å²) >= 11 is 5.80. The van der Waals surface area contributed by atoms with E-state index in [-0.39, 0.29) is 0 Å². The number of nitrogens with one attached hydrogen (secondary N) is 1. The van der Waals surface area contributed by atoms with Gasteiger partial charge in [0.25, 0.3) is 0 Å². The third-order valence-corrected chi connectivity index (χ3v) is 2.38. The van der Waals surface area contributed by atoms with Crippen LogP contribution in [0.15, 0.2) is 24.3 Å². The van der Waals surface area contributed by atoms with Gasteiger partial charge in [0.1, 0.15) is 0 Å². The molecule has 1 rings (SSSR count). The quantitative estimate of drug-likeness (QED) is 0.760. The van der Waals surface area contributed by atoms with Crippen molar-refractivity contribution in [1.82, 2.24) is 5.32 Å². The monoisotopic (exact) mass is 213 g/mol. The van der Waals surface area contributed by atoms with Gasteiger partial charge < -0.3 is 10.1 Å². The van der Waals surface area contributed by atoms with Crippen LogP contribution in [0.4, 0.5) is 0 Å². The van der Waals surface area contributed by atoms with Gasteiger partial charge >= 0.3 is 0 Å². The standard InChI is InChI=1S/C11H16ClNO/c1-9(13-7-8-14-2)10-3-5-11(12)6-4-10/h3-6,9,13H,7-8H2,1-2H3/t9-/m1/s1. The Labute approximate surface area is 90.2 Å². The molecule has 0 spiro atoms. The first-order chi connectivity index (χ1) is 6.74. The summed E-state index contributed by atoms with van der Waals surface area (Å²) in [5.74, 6) is 0. The second kappa shape index (κ2) is 6.02. The fraction of sp³-hybridized carbons (Fsp3) is 0.455. The average molecular weight is 214 g/mol. The number of ether oxygens (including phenoxy) is 1. The highest BCUT2D eigenvalue weighted by atomic mass is 35.5. The molecule has 0 aliphatic carbocycles. The van der Waals surface area contributed by atoms with E-state index in [0.717, 1.165) is 18.2 Å². The summed E-state index contributed by atoms with van der Waals surface area (Å²) in [6, 6.07) is 8.22. The van der Waals surface area contributed by atoms with Gasteiger partial charge in [0.05, 0.1) is 6.61 Å². The van der Waals surface area contributed by atoms with Crippen LogP contribution in [0.25, 0.3) is 0 Å². The predicted octanol–water partition coefficient (Wildman–Crippen LogP) is 2.64. The molecular formula is C11H16ClNO. The minimum Gasteiger partial charge on any atom is -0.383 e. The van der Waals surface area contributed by atoms with E-state index in [2.05, 4.69) is 12.2 Å². The number of hydrogen-bond donors (Lipinski definition) is 1. The van der Waals surface area contributed by atoms with Gasteiger partial charge in [-0.3, -0.25) is 0 Å². The van der Waals surface area contributed by atoms with Crippen molar-refractivity contribution in [1.29, 1.82) is 0 Å². The minimum atomic E-state index is 0.336. The molecule has 0 fully saturated rings. The molecule has 0 bridgehead atoms. The third-order valence-electron chi connectivity index (χ3n) is 2.13. The molecule has 3 heteroatoms. The van der Waals surface area contributed by atoms with Crippen molar-refractivity contribution in [3.63, 3.8) is 0 Å². The lowest BCUT2D eigenvalue weighted by Crippen LogP contribution is -2.22. The highest BCUT2D eigenvalue weighted by molar-refractivity contribution is 6.30. The minimum absolute atomic E-state index is 0.336. The molecule has 1 atom stereocenters. The van der Waals surface area contributed by atoms with Gasteiger partial charge in [0.2, 0.25) is 0 Å². The Morgan fingerprint density at radius 2 is 2.00 bits per heavy atom. The van der Waals surface area contributed by atoms with E-state index in [1.54, 1.807) is 7.11 Å². The molecule has 0 amide bonds. The molecule has 1 aromatic carbocycles. The van der Waals surface area contributed by atoms with Crippen LogP contribution in [0.2, 0.25) is 5.02 Å². The van der Waals surface area contributed by atoms with Crippen molar-refractivity contribution in [2.45, 2.75) is 13.0 Å². The van der Waals surface area contributed by atoms with E-state index in [4.69, 9.17) is 16.3 Å². The Bertz CT molecular complexity index is 260. The Balaban J connectivity index is 2.43. The van der Waals surface area contributed by atoms with Crippen LogP contribution in [0, 0.1) is 0 Å². The molecule has 2 nitrogen and oxygen atoms in total. The van der Waals surface area contributed by atoms with Crippen LogP contribution in [-0.2, 0) is 4.74 Å². The highest BCUT2D eigenvalue weighted by Gasteiger charge is 2.02. The predicted molar refractivity (Wildman–Crippen MR) is 59.7 cm³/mol. The molecular weight excluding hydrogens is 198 g/mol. The molecule has 0 radical (unpaired) electrons. The van der Waals surface area contributed by atoms with Gasteiger partial charge in [-0.25, -0.2) is 0 Å². The largest absolute Gasteiger partial charge is 0.383 e. The van der Waals surface area contributed by atoms with Crippen molar-refractivity contribution in [3.8, 4) is 0 Å². The molecule has 14 heavy (non-hydrogen) atoms. The summed E-state index contributed by atoms with van der Waals surface area (Å²) in [7, 11) is 1.70. The van der Waals surface area contributed by atoms with Crippen LogP contribution >= 0.6 is 11.6 Å². The van der Waals surface area contributed by atoms with Crippen LogP contribution in [0.5, 0.6) is 0 Å². The molecule has 0 saturated carbocycles. The van der Waals surface area contributed by atoms with Crippen molar-refractivity contribution in [2.75, 3.05) is 20.3 Å². The van der Waals surface area contributed by atoms with E-state index in [0.29, 0.717) is 6.04 Å². The van der Waals surface area contributed by atoms with E-state index >= 15 is 0 Å². The molecule has 1 N–H and O–H groups in total. The normalized spacial score (nSPS) is 12.8. The summed E-state index contributed by atoms with van der Waals surface area (Å²) in [4.78, 5) is 0. The SMILES string of the molecule is COCCN[C@H](C)c1ccc(Cl)cc1. The topological polar surface area (TPSA) is 21.3 Å². The molecule has 0 aliphatic rings. The second-order valence-corrected chi connectivity index (χ2v) is 3.66. The van der Waals surface area contributed by atoms with Gasteiger partial charge in [-0.1, -0.05) is 23.7 Å². The maximum atomic E-state index is 5.80. The number of benzene rings is 1. The summed E-state index contributed by atoms with van der Waals surface area (Å²) in [5, 5.41) is 4.13. The van der Waals surface area contributed by atoms with Crippen molar-refractivity contribution < 1.29 is 4.74 Å². The maximum Gasteiger partial charge on any atom is 0.0587 e. The lowest BCUT2D eigenvalue weighted by Gasteiger charge is -2.13. The van der Waals surface area contributed by atoms with Gasteiger partial charge in [-0.2, -0.15) is 0 Å². The van der Waals surface area contributed by atoms with Crippen LogP contribution in [-0.4, -0.2) is 20.3 Å². The third kappa shape index (κ3) is 3.66. The van der Waals surface area contributed by atoms with Crippen LogP contribution in [0.1, 0.15) is 18.5 Å². The van der Waals surface area contributed by atoms with Crippen molar-refractivity contribution >= 4 is 11.6 Å². The second-order valence-electron chi connectivity index (χ2n) is 3.22. The van der Waals surface area contributed by atoms with Gasteiger partial charge in [0.15, 0.2) is 0 Å². The summed E-state index contributed by atoms with van der Waals surface area (Å²) in [6.07, 6.45) is 0. The van der Waals surface area contributed by atoms with E-state index in [1.165, 1.54) is 5.56 Å². The molecule has 0 heterocycles. The average Bonchev–Trinajstić information content (AvgIpc) is 2.19. The number of rotatable bonds is 5. The lowest BCUT2D eigenvalue weighted by atomic mass is 10.1. The molecule has 1 aromatic rings. The molecule has 78 valence electrons. The summed E-state index contributed by atoms with van der Waals surface area (Å²) in [5.41, 5.74) is 1.24. The van der Waals surface area contributed by atoms with Gasteiger partial charge in [-0.05, 0) is 24.6 Å². The number of methoxy groups -OCH3 is 1. The number of halogens is 1. The fourth-order valence-corrected chi connectivity index (χ4v) is 1.37. The first-order valence-electron chi connectivity index (χ1n) is 4.72. The summed E-state index contributed by atoms with van der Waals surface area (Å²) in [6.45, 7) is 3.72. The maximum absolute atomic E-state index is 5.80. The zero-order valence-electron chi connectivity index (χ0n) is 8.59. The first-order valence-corrected chi connectivity index (χ1v) is 5.09. The van der Waals surface area contributed by atoms with Gasteiger partial charge in [0, 0.05) is 24.7 Å². The molecule has 0 aliphatic heterocycles. The smallest absolute Gasteiger partial charge is 0.0587 e. The Morgan fingerprint density at radius 3 is 2.57 bits per heavy atom. The zero-order chi connectivity index (χ0) is 10.4. The number of hydrogen-bond acceptors (Lipinski definition) is 2. The van der Waals surface area contributed by atoms with E-state index < -0.39 is 0 Å².